The van der Waals surface area contributed by atoms with Gasteiger partial charge in [-0.1, -0.05) is 0 Å². The number of nitrogens with one attached hydrogen (secondary N) is 1. The third-order valence-corrected chi connectivity index (χ3v) is 5.79. The van der Waals surface area contributed by atoms with Gasteiger partial charge in [0.25, 0.3) is 0 Å². The predicted octanol–water partition coefficient (Wildman–Crippen LogP) is 1.45. The highest BCUT2D eigenvalue weighted by Crippen LogP contribution is 2.40. The van der Waals surface area contributed by atoms with E-state index in [4.69, 9.17) is 9.47 Å². The molecular weight excluding hydrogens is 346 g/mol. The number of esters is 1. The molecule has 1 aliphatic carbocycles. The third-order valence-electron chi connectivity index (χ3n) is 5.79. The molecule has 4 rings (SSSR count). The Hall–Kier alpha value is -1.96. The Labute approximate surface area is 159 Å². The summed E-state index contributed by atoms with van der Waals surface area (Å²) in [6.45, 7) is 7.27. The molecule has 1 N–H and O–H groups in total. The largest absolute Gasteiger partial charge is 0.465 e. The van der Waals surface area contributed by atoms with Gasteiger partial charge in [-0.3, -0.25) is 14.6 Å². The van der Waals surface area contributed by atoms with Crippen LogP contribution in [0.2, 0.25) is 0 Å². The van der Waals surface area contributed by atoms with Crippen molar-refractivity contribution in [1.29, 1.82) is 0 Å². The van der Waals surface area contributed by atoms with Gasteiger partial charge in [0, 0.05) is 39.1 Å². The molecule has 1 atom stereocenters. The van der Waals surface area contributed by atoms with Crippen molar-refractivity contribution in [3.05, 3.63) is 35.2 Å². The molecule has 7 nitrogen and oxygen atoms in total. The van der Waals surface area contributed by atoms with E-state index in [1.165, 1.54) is 14.0 Å². The quantitative estimate of drug-likeness (QED) is 0.807. The van der Waals surface area contributed by atoms with Gasteiger partial charge in [-0.05, 0) is 36.1 Å². The van der Waals surface area contributed by atoms with Gasteiger partial charge in [0.15, 0.2) is 0 Å². The standard InChI is InChI=1S/C20H26N3O4/c1-13(24)21-18-9-14-3-4-19(16(14)10-17(18)20(25)26-2)23-7-5-22(6-8-23)15-11-27-12-15/h3,9-10,15,19H,4-8,11-12H2,1-2H3,(H,21,24). The smallest absolute Gasteiger partial charge is 0.339 e. The number of ether oxygens (including phenoxy) is 2. The van der Waals surface area contributed by atoms with Gasteiger partial charge < -0.3 is 14.8 Å². The molecule has 7 heteroatoms. The van der Waals surface area contributed by atoms with Gasteiger partial charge in [-0.25, -0.2) is 4.79 Å². The molecule has 145 valence electrons. The topological polar surface area (TPSA) is 71.1 Å². The van der Waals surface area contributed by atoms with Gasteiger partial charge in [0.05, 0.1) is 37.6 Å². The second-order valence-corrected chi connectivity index (χ2v) is 7.42. The number of hydrogen-bond donors (Lipinski definition) is 1. The summed E-state index contributed by atoms with van der Waals surface area (Å²) < 4.78 is 10.2. The first-order valence-corrected chi connectivity index (χ1v) is 9.49. The molecule has 2 saturated heterocycles. The van der Waals surface area contributed by atoms with Crippen LogP contribution in [0.3, 0.4) is 0 Å². The maximum absolute atomic E-state index is 12.2. The van der Waals surface area contributed by atoms with Crippen molar-refractivity contribution in [3.8, 4) is 0 Å². The Morgan fingerprint density at radius 3 is 2.44 bits per heavy atom. The van der Waals surface area contributed by atoms with Gasteiger partial charge >= 0.3 is 5.97 Å². The fourth-order valence-electron chi connectivity index (χ4n) is 4.23. The number of amides is 1. The van der Waals surface area contributed by atoms with E-state index >= 15 is 0 Å². The molecule has 2 heterocycles. The van der Waals surface area contributed by atoms with E-state index < -0.39 is 5.97 Å². The summed E-state index contributed by atoms with van der Waals surface area (Å²) in [5.41, 5.74) is 3.16. The van der Waals surface area contributed by atoms with E-state index in [0.717, 1.165) is 56.9 Å². The van der Waals surface area contributed by atoms with Crippen molar-refractivity contribution in [2.24, 2.45) is 0 Å². The monoisotopic (exact) mass is 372 g/mol. The number of carbonyl (C=O) groups excluding carboxylic acids is 2. The minimum Gasteiger partial charge on any atom is -0.465 e. The van der Waals surface area contributed by atoms with Crippen LogP contribution in [-0.4, -0.2) is 74.2 Å². The van der Waals surface area contributed by atoms with Gasteiger partial charge in [-0.15, -0.1) is 0 Å². The number of methoxy groups -OCH3 is 1. The summed E-state index contributed by atoms with van der Waals surface area (Å²) in [5, 5.41) is 2.75. The van der Waals surface area contributed by atoms with E-state index in [-0.39, 0.29) is 11.9 Å². The first-order chi connectivity index (χ1) is 13.1. The highest BCUT2D eigenvalue weighted by Gasteiger charge is 2.35. The molecule has 2 fully saturated rings. The maximum Gasteiger partial charge on any atom is 0.339 e. The van der Waals surface area contributed by atoms with Crippen LogP contribution in [0, 0.1) is 6.42 Å². The van der Waals surface area contributed by atoms with E-state index in [9.17, 15) is 9.59 Å². The zero-order valence-electron chi connectivity index (χ0n) is 15.9. The molecule has 2 aliphatic heterocycles. The van der Waals surface area contributed by atoms with Crippen molar-refractivity contribution < 1.29 is 19.1 Å². The Morgan fingerprint density at radius 2 is 1.85 bits per heavy atom. The van der Waals surface area contributed by atoms with Crippen molar-refractivity contribution in [1.82, 2.24) is 9.80 Å². The summed E-state index contributed by atoms with van der Waals surface area (Å²) in [5.74, 6) is -0.632. The zero-order valence-corrected chi connectivity index (χ0v) is 15.9. The number of nitrogens with zero attached hydrogens (tertiary/aromatic N) is 2. The number of rotatable bonds is 4. The average Bonchev–Trinajstić information content (AvgIpc) is 3.02. The molecule has 0 aromatic heterocycles. The lowest BCUT2D eigenvalue weighted by atomic mass is 10.0. The van der Waals surface area contributed by atoms with Crippen LogP contribution >= 0.6 is 0 Å². The lowest BCUT2D eigenvalue weighted by Crippen LogP contribution is -2.56. The van der Waals surface area contributed by atoms with Gasteiger partial charge in [0.1, 0.15) is 0 Å². The normalized spacial score (nSPS) is 23.6. The van der Waals surface area contributed by atoms with Gasteiger partial charge in [0.2, 0.25) is 5.91 Å². The number of fused-ring (bicyclic) bond motifs is 1. The fourth-order valence-corrected chi connectivity index (χ4v) is 4.23. The Kier molecular flexibility index (Phi) is 5.16. The SMILES string of the molecule is COC(=O)c1cc2c(cc1NC(C)=O)[CH]CC2N1CCN(C2COC2)CC1. The van der Waals surface area contributed by atoms with Crippen LogP contribution in [0.25, 0.3) is 0 Å². The van der Waals surface area contributed by atoms with E-state index in [0.29, 0.717) is 17.3 Å². The highest BCUT2D eigenvalue weighted by molar-refractivity contribution is 6.01. The van der Waals surface area contributed by atoms with Crippen molar-refractivity contribution in [2.75, 3.05) is 51.8 Å². The van der Waals surface area contributed by atoms with Crippen LogP contribution in [-0.2, 0) is 14.3 Å². The third kappa shape index (κ3) is 3.59. The number of anilines is 1. The lowest BCUT2D eigenvalue weighted by Gasteiger charge is -2.44. The Bertz CT molecular complexity index is 739. The van der Waals surface area contributed by atoms with E-state index in [1.54, 1.807) is 0 Å². The molecule has 1 radical (unpaired) electrons. The van der Waals surface area contributed by atoms with Crippen LogP contribution in [0.1, 0.15) is 40.9 Å². The zero-order chi connectivity index (χ0) is 19.0. The average molecular weight is 372 g/mol. The number of carbonyl (C=O) groups is 2. The molecule has 1 amide bonds. The van der Waals surface area contributed by atoms with Crippen molar-refractivity contribution in [3.63, 3.8) is 0 Å². The Morgan fingerprint density at radius 1 is 1.15 bits per heavy atom. The summed E-state index contributed by atoms with van der Waals surface area (Å²) in [6, 6.07) is 4.65. The number of piperazine rings is 1. The minimum absolute atomic E-state index is 0.203. The highest BCUT2D eigenvalue weighted by atomic mass is 16.5. The van der Waals surface area contributed by atoms with Crippen molar-refractivity contribution >= 4 is 17.6 Å². The number of hydrogen-bond acceptors (Lipinski definition) is 6. The lowest BCUT2D eigenvalue weighted by molar-refractivity contribution is -0.114. The molecule has 1 aromatic carbocycles. The molecule has 1 unspecified atom stereocenters. The summed E-state index contributed by atoms with van der Waals surface area (Å²) in [4.78, 5) is 28.8. The summed E-state index contributed by atoms with van der Waals surface area (Å²) in [7, 11) is 1.36. The molecule has 0 bridgehead atoms. The molecule has 3 aliphatic rings. The number of benzene rings is 1. The first-order valence-electron chi connectivity index (χ1n) is 9.49. The predicted molar refractivity (Wildman–Crippen MR) is 101 cm³/mol. The van der Waals surface area contributed by atoms with Crippen LogP contribution in [0.4, 0.5) is 5.69 Å². The second-order valence-electron chi connectivity index (χ2n) is 7.42. The van der Waals surface area contributed by atoms with Crippen LogP contribution in [0.15, 0.2) is 12.1 Å². The second kappa shape index (κ2) is 7.58. The summed E-state index contributed by atoms with van der Waals surface area (Å²) >= 11 is 0. The van der Waals surface area contributed by atoms with E-state index in [2.05, 4.69) is 21.5 Å². The molecular formula is C20H26N3O4. The maximum atomic E-state index is 12.2. The van der Waals surface area contributed by atoms with Gasteiger partial charge in [-0.2, -0.15) is 0 Å². The molecule has 1 aromatic rings. The summed E-state index contributed by atoms with van der Waals surface area (Å²) in [6.07, 6.45) is 3.12. The molecule has 0 spiro atoms. The molecule has 0 saturated carbocycles. The van der Waals surface area contributed by atoms with Crippen LogP contribution < -0.4 is 5.32 Å². The fraction of sp³-hybridized carbons (Fsp3) is 0.550. The molecule has 27 heavy (non-hydrogen) atoms. The Balaban J connectivity index is 1.54. The van der Waals surface area contributed by atoms with E-state index in [1.807, 2.05) is 12.1 Å². The van der Waals surface area contributed by atoms with Crippen molar-refractivity contribution in [2.45, 2.75) is 25.4 Å². The first kappa shape index (κ1) is 18.4. The van der Waals surface area contributed by atoms with Crippen LogP contribution in [0.5, 0.6) is 0 Å². The minimum atomic E-state index is -0.429.